The van der Waals surface area contributed by atoms with Gasteiger partial charge in [0.25, 0.3) is 5.91 Å². The number of carbonyl (C=O) groups is 2. The van der Waals surface area contributed by atoms with Gasteiger partial charge in [-0.25, -0.2) is 0 Å². The highest BCUT2D eigenvalue weighted by atomic mass is 16.2. The Kier molecular flexibility index (Phi) is 3.55. The fourth-order valence-corrected chi connectivity index (χ4v) is 3.56. The van der Waals surface area contributed by atoms with Gasteiger partial charge in [-0.1, -0.05) is 6.07 Å². The molecule has 1 aromatic rings. The lowest BCUT2D eigenvalue weighted by Crippen LogP contribution is -2.42. The van der Waals surface area contributed by atoms with Gasteiger partial charge in [-0.05, 0) is 44.2 Å². The van der Waals surface area contributed by atoms with Crippen LogP contribution in [0.2, 0.25) is 0 Å². The van der Waals surface area contributed by atoms with Crippen LogP contribution in [0.15, 0.2) is 18.3 Å². The lowest BCUT2D eigenvalue weighted by atomic mass is 9.95. The number of ketones is 1. The van der Waals surface area contributed by atoms with Gasteiger partial charge in [-0.2, -0.15) is 0 Å². The predicted octanol–water partition coefficient (Wildman–Crippen LogP) is 2.36. The van der Waals surface area contributed by atoms with E-state index in [9.17, 15) is 9.59 Å². The van der Waals surface area contributed by atoms with E-state index in [1.165, 1.54) is 0 Å². The van der Waals surface area contributed by atoms with Crippen molar-refractivity contribution in [2.75, 3.05) is 6.54 Å². The average Bonchev–Trinajstić information content (AvgIpc) is 3.06. The van der Waals surface area contributed by atoms with Crippen LogP contribution in [0.5, 0.6) is 0 Å². The molecule has 1 amide bonds. The summed E-state index contributed by atoms with van der Waals surface area (Å²) in [5, 5.41) is 0. The fraction of sp³-hybridized carbons (Fsp3) is 0.562. The summed E-state index contributed by atoms with van der Waals surface area (Å²) in [6.45, 7) is 2.66. The van der Waals surface area contributed by atoms with Crippen molar-refractivity contribution in [3.63, 3.8) is 0 Å². The second-order valence-electron chi connectivity index (χ2n) is 5.84. The van der Waals surface area contributed by atoms with E-state index in [0.29, 0.717) is 17.9 Å². The number of nitrogens with zero attached hydrogens (tertiary/aromatic N) is 2. The Morgan fingerprint density at radius 3 is 2.90 bits per heavy atom. The summed E-state index contributed by atoms with van der Waals surface area (Å²) in [5.74, 6) is 0.392. The van der Waals surface area contributed by atoms with Crippen LogP contribution in [0, 0.1) is 12.8 Å². The summed E-state index contributed by atoms with van der Waals surface area (Å²) in [6.07, 6.45) is 6.21. The van der Waals surface area contributed by atoms with Crippen LogP contribution in [0.25, 0.3) is 0 Å². The quantitative estimate of drug-likeness (QED) is 0.830. The number of carbonyl (C=O) groups excluding carboxylic acids is 2. The lowest BCUT2D eigenvalue weighted by Gasteiger charge is -2.28. The van der Waals surface area contributed by atoms with Gasteiger partial charge in [0.15, 0.2) is 0 Å². The molecule has 2 aliphatic rings. The number of hydrogen-bond donors (Lipinski definition) is 0. The van der Waals surface area contributed by atoms with E-state index in [2.05, 4.69) is 4.98 Å². The highest BCUT2D eigenvalue weighted by Gasteiger charge is 2.40. The van der Waals surface area contributed by atoms with Gasteiger partial charge in [0.2, 0.25) is 0 Å². The molecule has 0 aromatic carbocycles. The highest BCUT2D eigenvalue weighted by Crippen LogP contribution is 2.34. The summed E-state index contributed by atoms with van der Waals surface area (Å²) in [5.41, 5.74) is 1.44. The maximum Gasteiger partial charge on any atom is 0.272 e. The van der Waals surface area contributed by atoms with Gasteiger partial charge in [0, 0.05) is 31.1 Å². The SMILES string of the molecule is Cc1cccnc1C(=O)N1CCCC1C1CCCC1=O. The van der Waals surface area contributed by atoms with E-state index in [4.69, 9.17) is 0 Å². The van der Waals surface area contributed by atoms with E-state index in [-0.39, 0.29) is 17.9 Å². The number of hydrogen-bond acceptors (Lipinski definition) is 3. The molecule has 20 heavy (non-hydrogen) atoms. The molecule has 2 fully saturated rings. The second-order valence-corrected chi connectivity index (χ2v) is 5.84. The van der Waals surface area contributed by atoms with E-state index in [1.54, 1.807) is 6.20 Å². The highest BCUT2D eigenvalue weighted by molar-refractivity contribution is 5.94. The molecule has 0 N–H and O–H groups in total. The van der Waals surface area contributed by atoms with Crippen molar-refractivity contribution in [1.29, 1.82) is 0 Å². The molecule has 2 unspecified atom stereocenters. The first-order valence-corrected chi connectivity index (χ1v) is 7.44. The van der Waals surface area contributed by atoms with Crippen LogP contribution in [0.4, 0.5) is 0 Å². The molecule has 106 valence electrons. The third-order valence-corrected chi connectivity index (χ3v) is 4.59. The maximum absolute atomic E-state index is 12.7. The number of aromatic nitrogens is 1. The minimum absolute atomic E-state index is 0.00898. The standard InChI is InChI=1S/C16H20N2O2/c1-11-5-3-9-17-15(11)16(20)18-10-4-7-13(18)12-6-2-8-14(12)19/h3,5,9,12-13H,2,4,6-8,10H2,1H3. The normalized spacial score (nSPS) is 26.2. The van der Waals surface area contributed by atoms with Crippen LogP contribution >= 0.6 is 0 Å². The molecule has 4 nitrogen and oxygen atoms in total. The van der Waals surface area contributed by atoms with Crippen LogP contribution in [0.3, 0.4) is 0 Å². The zero-order chi connectivity index (χ0) is 14.1. The van der Waals surface area contributed by atoms with Crippen molar-refractivity contribution in [2.45, 2.75) is 45.1 Å². The molecule has 1 saturated heterocycles. The molecular formula is C16H20N2O2. The van der Waals surface area contributed by atoms with E-state index in [0.717, 1.165) is 37.8 Å². The smallest absolute Gasteiger partial charge is 0.272 e. The summed E-state index contributed by atoms with van der Waals surface area (Å²) in [4.78, 5) is 30.8. The minimum atomic E-state index is -0.00898. The summed E-state index contributed by atoms with van der Waals surface area (Å²) < 4.78 is 0. The number of aryl methyl sites for hydroxylation is 1. The Labute approximate surface area is 119 Å². The van der Waals surface area contributed by atoms with E-state index < -0.39 is 0 Å². The molecule has 3 rings (SSSR count). The molecule has 4 heteroatoms. The third-order valence-electron chi connectivity index (χ3n) is 4.59. The van der Waals surface area contributed by atoms with Crippen LogP contribution < -0.4 is 0 Å². The Hall–Kier alpha value is -1.71. The van der Waals surface area contributed by atoms with Crippen molar-refractivity contribution >= 4 is 11.7 Å². The molecule has 0 radical (unpaired) electrons. The summed E-state index contributed by atoms with van der Waals surface area (Å²) in [6, 6.07) is 3.85. The topological polar surface area (TPSA) is 50.3 Å². The Morgan fingerprint density at radius 1 is 1.35 bits per heavy atom. The van der Waals surface area contributed by atoms with Gasteiger partial charge in [-0.3, -0.25) is 14.6 Å². The first-order chi connectivity index (χ1) is 9.68. The van der Waals surface area contributed by atoms with Crippen molar-refractivity contribution in [3.8, 4) is 0 Å². The molecular weight excluding hydrogens is 252 g/mol. The Bertz CT molecular complexity index is 541. The van der Waals surface area contributed by atoms with Crippen molar-refractivity contribution in [1.82, 2.24) is 9.88 Å². The molecule has 2 heterocycles. The average molecular weight is 272 g/mol. The second kappa shape index (κ2) is 5.35. The van der Waals surface area contributed by atoms with Gasteiger partial charge in [-0.15, -0.1) is 0 Å². The minimum Gasteiger partial charge on any atom is -0.334 e. The number of likely N-dealkylation sites (tertiary alicyclic amines) is 1. The van der Waals surface area contributed by atoms with E-state index in [1.807, 2.05) is 24.0 Å². The molecule has 0 bridgehead atoms. The maximum atomic E-state index is 12.7. The molecule has 1 saturated carbocycles. The molecule has 2 atom stereocenters. The van der Waals surface area contributed by atoms with E-state index >= 15 is 0 Å². The first-order valence-electron chi connectivity index (χ1n) is 7.44. The largest absolute Gasteiger partial charge is 0.334 e. The predicted molar refractivity (Wildman–Crippen MR) is 75.4 cm³/mol. The van der Waals surface area contributed by atoms with Crippen molar-refractivity contribution in [3.05, 3.63) is 29.6 Å². The monoisotopic (exact) mass is 272 g/mol. The van der Waals surface area contributed by atoms with Crippen LogP contribution in [-0.4, -0.2) is 34.2 Å². The van der Waals surface area contributed by atoms with Crippen molar-refractivity contribution in [2.24, 2.45) is 5.92 Å². The van der Waals surface area contributed by atoms with Gasteiger partial charge in [0.1, 0.15) is 11.5 Å². The van der Waals surface area contributed by atoms with Gasteiger partial charge in [0.05, 0.1) is 0 Å². The molecule has 1 aromatic heterocycles. The Balaban J connectivity index is 1.83. The third kappa shape index (κ3) is 2.23. The summed E-state index contributed by atoms with van der Waals surface area (Å²) >= 11 is 0. The summed E-state index contributed by atoms with van der Waals surface area (Å²) in [7, 11) is 0. The molecule has 1 aliphatic heterocycles. The Morgan fingerprint density at radius 2 is 2.20 bits per heavy atom. The van der Waals surface area contributed by atoms with Crippen LogP contribution in [-0.2, 0) is 4.79 Å². The number of Topliss-reactive ketones (excluding diaryl/α,β-unsaturated/α-hetero) is 1. The fourth-order valence-electron chi connectivity index (χ4n) is 3.56. The van der Waals surface area contributed by atoms with Crippen molar-refractivity contribution < 1.29 is 9.59 Å². The molecule has 0 spiro atoms. The zero-order valence-corrected chi connectivity index (χ0v) is 11.8. The number of amides is 1. The first kappa shape index (κ1) is 13.3. The van der Waals surface area contributed by atoms with Gasteiger partial charge < -0.3 is 4.90 Å². The molecule has 1 aliphatic carbocycles. The lowest BCUT2D eigenvalue weighted by molar-refractivity contribution is -0.121. The number of rotatable bonds is 2. The van der Waals surface area contributed by atoms with Gasteiger partial charge >= 0.3 is 0 Å². The number of pyridine rings is 1. The van der Waals surface area contributed by atoms with Crippen LogP contribution in [0.1, 0.15) is 48.2 Å². The zero-order valence-electron chi connectivity index (χ0n) is 11.8.